The van der Waals surface area contributed by atoms with Crippen molar-refractivity contribution in [2.45, 2.75) is 314 Å². The molecule has 1 aliphatic heterocycles. The fraction of sp³-hybridized carbons (Fsp3) is 0.867. The highest BCUT2D eigenvalue weighted by Gasteiger charge is 2.44. The van der Waals surface area contributed by atoms with Gasteiger partial charge in [0.25, 0.3) is 0 Å². The molecule has 1 aliphatic rings. The maximum atomic E-state index is 13.0. The molecule has 1 rings (SSSR count). The van der Waals surface area contributed by atoms with Crippen LogP contribution in [-0.2, 0) is 23.8 Å². The van der Waals surface area contributed by atoms with Gasteiger partial charge in [-0.3, -0.25) is 9.59 Å². The SMILES string of the molecule is CCCCC/C=C/CC/C=C/C(O)C(COC1OC(CO)C(O)C(O)C1O)NC(=O)CCCCCCC/C=C\CCCCCCCCCOC(=O)CCCCCCCCCCCCCCCCCCCC. The largest absolute Gasteiger partial charge is 0.466 e. The molecule has 1 saturated heterocycles. The Hall–Kier alpha value is -2.12. The minimum Gasteiger partial charge on any atom is -0.466 e. The van der Waals surface area contributed by atoms with Crippen LogP contribution in [0.1, 0.15) is 271 Å². The minimum absolute atomic E-state index is 0.0177. The number of carbonyl (C=O) groups excluding carboxylic acids is 2. The van der Waals surface area contributed by atoms with Crippen molar-refractivity contribution in [1.82, 2.24) is 5.32 Å². The molecule has 0 bridgehead atoms. The van der Waals surface area contributed by atoms with Crippen molar-refractivity contribution in [2.75, 3.05) is 19.8 Å². The number of unbranched alkanes of at least 4 members (excludes halogenated alkanes) is 33. The van der Waals surface area contributed by atoms with E-state index in [1.54, 1.807) is 6.08 Å². The number of ether oxygens (including phenoxy) is 3. The van der Waals surface area contributed by atoms with Crippen molar-refractivity contribution in [2.24, 2.45) is 0 Å². The van der Waals surface area contributed by atoms with Gasteiger partial charge in [0, 0.05) is 12.8 Å². The van der Waals surface area contributed by atoms with Gasteiger partial charge in [-0.25, -0.2) is 0 Å². The molecule has 416 valence electrons. The lowest BCUT2D eigenvalue weighted by atomic mass is 9.99. The van der Waals surface area contributed by atoms with Crippen LogP contribution in [0.4, 0.5) is 0 Å². The lowest BCUT2D eigenvalue weighted by molar-refractivity contribution is -0.302. The molecule has 0 aromatic heterocycles. The number of carbonyl (C=O) groups is 2. The van der Waals surface area contributed by atoms with Crippen LogP contribution in [-0.4, -0.2) is 100 Å². The Balaban J connectivity index is 2.04. The summed E-state index contributed by atoms with van der Waals surface area (Å²) in [6.45, 7) is 4.24. The second-order valence-corrected chi connectivity index (χ2v) is 20.7. The zero-order valence-electron chi connectivity index (χ0n) is 45.7. The van der Waals surface area contributed by atoms with Crippen molar-refractivity contribution in [3.63, 3.8) is 0 Å². The van der Waals surface area contributed by atoms with E-state index in [4.69, 9.17) is 14.2 Å². The summed E-state index contributed by atoms with van der Waals surface area (Å²) in [4.78, 5) is 25.1. The van der Waals surface area contributed by atoms with Gasteiger partial charge in [0.15, 0.2) is 6.29 Å². The van der Waals surface area contributed by atoms with E-state index >= 15 is 0 Å². The third kappa shape index (κ3) is 39.9. The van der Waals surface area contributed by atoms with E-state index in [2.05, 4.69) is 43.5 Å². The van der Waals surface area contributed by atoms with Crippen molar-refractivity contribution in [3.8, 4) is 0 Å². The Morgan fingerprint density at radius 2 is 0.915 bits per heavy atom. The molecule has 0 saturated carbocycles. The summed E-state index contributed by atoms with van der Waals surface area (Å²) in [7, 11) is 0. The van der Waals surface area contributed by atoms with Crippen LogP contribution in [0, 0.1) is 0 Å². The first-order valence-corrected chi connectivity index (χ1v) is 29.8. The van der Waals surface area contributed by atoms with Crippen LogP contribution >= 0.6 is 0 Å². The van der Waals surface area contributed by atoms with Gasteiger partial charge in [0.1, 0.15) is 24.4 Å². The molecule has 11 nitrogen and oxygen atoms in total. The zero-order valence-corrected chi connectivity index (χ0v) is 45.7. The summed E-state index contributed by atoms with van der Waals surface area (Å²) < 4.78 is 16.7. The molecule has 1 heterocycles. The highest BCUT2D eigenvalue weighted by molar-refractivity contribution is 5.76. The van der Waals surface area contributed by atoms with Gasteiger partial charge < -0.3 is 45.1 Å². The molecule has 0 aromatic rings. The van der Waals surface area contributed by atoms with Crippen molar-refractivity contribution >= 4 is 11.9 Å². The molecule has 0 aromatic carbocycles. The summed E-state index contributed by atoms with van der Waals surface area (Å²) in [5.74, 6) is -0.229. The molecule has 6 N–H and O–H groups in total. The van der Waals surface area contributed by atoms with E-state index < -0.39 is 49.5 Å². The molecular weight excluding hydrogens is 895 g/mol. The smallest absolute Gasteiger partial charge is 0.305 e. The Kier molecular flexibility index (Phi) is 47.2. The fourth-order valence-electron chi connectivity index (χ4n) is 9.21. The summed E-state index contributed by atoms with van der Waals surface area (Å²) in [6, 6.07) is -0.838. The molecule has 71 heavy (non-hydrogen) atoms. The normalized spacial score (nSPS) is 19.3. The van der Waals surface area contributed by atoms with Gasteiger partial charge in [-0.15, -0.1) is 0 Å². The molecule has 0 aliphatic carbocycles. The van der Waals surface area contributed by atoms with Crippen LogP contribution in [0.2, 0.25) is 0 Å². The topological polar surface area (TPSA) is 175 Å². The first-order valence-electron chi connectivity index (χ1n) is 29.8. The van der Waals surface area contributed by atoms with Crippen LogP contribution in [0.15, 0.2) is 36.5 Å². The molecular formula is C60H111NO10. The highest BCUT2D eigenvalue weighted by atomic mass is 16.7. The van der Waals surface area contributed by atoms with Gasteiger partial charge >= 0.3 is 5.97 Å². The maximum absolute atomic E-state index is 13.0. The van der Waals surface area contributed by atoms with Gasteiger partial charge in [0.05, 0.1) is 32.0 Å². The molecule has 0 radical (unpaired) electrons. The van der Waals surface area contributed by atoms with E-state index in [0.717, 1.165) is 89.9 Å². The third-order valence-corrected chi connectivity index (χ3v) is 14.0. The molecule has 0 spiro atoms. The van der Waals surface area contributed by atoms with Crippen LogP contribution in [0.25, 0.3) is 0 Å². The maximum Gasteiger partial charge on any atom is 0.305 e. The second kappa shape index (κ2) is 50.1. The number of aliphatic hydroxyl groups excluding tert-OH is 5. The summed E-state index contributed by atoms with van der Waals surface area (Å²) >= 11 is 0. The lowest BCUT2D eigenvalue weighted by Gasteiger charge is -2.40. The second-order valence-electron chi connectivity index (χ2n) is 20.7. The number of nitrogens with one attached hydrogen (secondary N) is 1. The Labute approximate surface area is 434 Å². The summed E-state index contributed by atoms with van der Waals surface area (Å²) in [5.41, 5.74) is 0. The predicted molar refractivity (Wildman–Crippen MR) is 292 cm³/mol. The van der Waals surface area contributed by atoms with E-state index in [9.17, 15) is 35.1 Å². The van der Waals surface area contributed by atoms with Crippen LogP contribution in [0.3, 0.4) is 0 Å². The minimum atomic E-state index is -1.58. The molecule has 7 atom stereocenters. The van der Waals surface area contributed by atoms with Crippen molar-refractivity contribution < 1.29 is 49.3 Å². The monoisotopic (exact) mass is 1010 g/mol. The molecule has 1 amide bonds. The van der Waals surface area contributed by atoms with E-state index in [-0.39, 0.29) is 18.5 Å². The van der Waals surface area contributed by atoms with Gasteiger partial charge in [-0.2, -0.15) is 0 Å². The number of hydrogen-bond donors (Lipinski definition) is 6. The quantitative estimate of drug-likeness (QED) is 0.0195. The Morgan fingerprint density at radius 3 is 1.42 bits per heavy atom. The zero-order chi connectivity index (χ0) is 51.7. The predicted octanol–water partition coefficient (Wildman–Crippen LogP) is 13.5. The number of amides is 1. The number of rotatable bonds is 51. The third-order valence-electron chi connectivity index (χ3n) is 14.0. The van der Waals surface area contributed by atoms with Gasteiger partial charge in [0.2, 0.25) is 5.91 Å². The van der Waals surface area contributed by atoms with Crippen LogP contribution in [0.5, 0.6) is 0 Å². The fourth-order valence-corrected chi connectivity index (χ4v) is 9.21. The first-order chi connectivity index (χ1) is 34.7. The molecule has 1 fully saturated rings. The summed E-state index contributed by atoms with van der Waals surface area (Å²) in [5, 5.41) is 54.1. The Bertz CT molecular complexity index is 1280. The lowest BCUT2D eigenvalue weighted by Crippen LogP contribution is -2.60. The molecule has 7 unspecified atom stereocenters. The van der Waals surface area contributed by atoms with Crippen molar-refractivity contribution in [1.29, 1.82) is 0 Å². The number of hydrogen-bond acceptors (Lipinski definition) is 10. The van der Waals surface area contributed by atoms with Gasteiger partial charge in [-0.1, -0.05) is 224 Å². The number of aliphatic hydroxyl groups is 5. The Morgan fingerprint density at radius 1 is 0.507 bits per heavy atom. The van der Waals surface area contributed by atoms with E-state index in [1.807, 2.05) is 6.08 Å². The van der Waals surface area contributed by atoms with Crippen LogP contribution < -0.4 is 5.32 Å². The van der Waals surface area contributed by atoms with Crippen molar-refractivity contribution in [3.05, 3.63) is 36.5 Å². The summed E-state index contributed by atoms with van der Waals surface area (Å²) in [6.07, 6.45) is 51.1. The standard InChI is InChI=1S/C60H111NO10/c1-3-5-7-9-11-13-14-15-16-17-18-22-25-28-32-36-40-44-48-56(65)69-49-45-41-37-33-29-26-23-20-19-21-24-27-31-35-39-43-47-55(64)61-52(53(63)46-42-38-34-30-12-10-8-6-4-2)51-70-60-59(68)58(67)57(66)54(50-62)71-60/h12,19,21,30,42,46,52-54,57-60,62-63,66-68H,3-11,13-18,20,22-29,31-41,43-45,47-51H2,1-2H3,(H,61,64)/b21-19-,30-12+,46-42+. The highest BCUT2D eigenvalue weighted by Crippen LogP contribution is 2.23. The van der Waals surface area contributed by atoms with E-state index in [1.165, 1.54) is 154 Å². The average molecular weight is 1010 g/mol. The number of allylic oxidation sites excluding steroid dienone is 5. The van der Waals surface area contributed by atoms with E-state index in [0.29, 0.717) is 19.4 Å². The van der Waals surface area contributed by atoms with Gasteiger partial charge in [-0.05, 0) is 70.6 Å². The average Bonchev–Trinajstić information content (AvgIpc) is 3.37. The first kappa shape index (κ1) is 66.9. The number of esters is 1. The molecule has 11 heteroatoms.